The van der Waals surface area contributed by atoms with E-state index in [-0.39, 0.29) is 6.04 Å². The third-order valence-electron chi connectivity index (χ3n) is 4.18. The summed E-state index contributed by atoms with van der Waals surface area (Å²) in [6, 6.07) is 2.13. The Morgan fingerprint density at radius 1 is 1.30 bits per heavy atom. The van der Waals surface area contributed by atoms with Crippen LogP contribution in [0, 0.1) is 21.8 Å². The molecular formula is C14H18FN3O4S. The first-order valence-corrected chi connectivity index (χ1v) is 9.01. The normalized spacial score (nSPS) is 22.4. The van der Waals surface area contributed by atoms with Crippen LogP contribution < -0.4 is 4.72 Å². The molecule has 1 aromatic rings. The molecule has 1 saturated heterocycles. The summed E-state index contributed by atoms with van der Waals surface area (Å²) >= 11 is 0. The monoisotopic (exact) mass is 343 g/mol. The van der Waals surface area contributed by atoms with Gasteiger partial charge >= 0.3 is 0 Å². The van der Waals surface area contributed by atoms with Gasteiger partial charge in [0.05, 0.1) is 15.9 Å². The zero-order valence-corrected chi connectivity index (χ0v) is 13.3. The Morgan fingerprint density at radius 2 is 2.04 bits per heavy atom. The number of rotatable bonds is 6. The van der Waals surface area contributed by atoms with Gasteiger partial charge in [-0.3, -0.25) is 10.1 Å². The van der Waals surface area contributed by atoms with Gasteiger partial charge in [-0.05, 0) is 37.8 Å². The van der Waals surface area contributed by atoms with Crippen LogP contribution in [0.5, 0.6) is 0 Å². The average molecular weight is 343 g/mol. The first kappa shape index (κ1) is 16.3. The van der Waals surface area contributed by atoms with Crippen LogP contribution in [0.3, 0.4) is 0 Å². The molecule has 3 rings (SSSR count). The summed E-state index contributed by atoms with van der Waals surface area (Å²) in [4.78, 5) is 11.7. The van der Waals surface area contributed by atoms with Gasteiger partial charge in [0, 0.05) is 25.2 Å². The molecule has 0 unspecified atom stereocenters. The SMILES string of the molecule is O=[N+]([O-])c1cc(F)cc(S(=O)(=O)N[C@H]2CCN(CC3CC3)C2)c1. The Balaban J connectivity index is 1.70. The van der Waals surface area contributed by atoms with E-state index in [1.54, 1.807) is 0 Å². The van der Waals surface area contributed by atoms with Crippen LogP contribution >= 0.6 is 0 Å². The molecule has 9 heteroatoms. The number of nitro groups is 1. The van der Waals surface area contributed by atoms with Crippen molar-refractivity contribution < 1.29 is 17.7 Å². The van der Waals surface area contributed by atoms with Crippen molar-refractivity contribution in [2.45, 2.75) is 30.2 Å². The van der Waals surface area contributed by atoms with Crippen LogP contribution in [0.2, 0.25) is 0 Å². The average Bonchev–Trinajstić information content (AvgIpc) is 3.17. The second-order valence-electron chi connectivity index (χ2n) is 6.21. The number of hydrogen-bond donors (Lipinski definition) is 1. The number of likely N-dealkylation sites (tertiary alicyclic amines) is 1. The van der Waals surface area contributed by atoms with E-state index >= 15 is 0 Å². The first-order chi connectivity index (χ1) is 10.8. The lowest BCUT2D eigenvalue weighted by Gasteiger charge is -2.16. The van der Waals surface area contributed by atoms with Gasteiger partial charge < -0.3 is 4.90 Å². The lowest BCUT2D eigenvalue weighted by atomic mass is 10.3. The Hall–Kier alpha value is -1.58. The highest BCUT2D eigenvalue weighted by molar-refractivity contribution is 7.89. The molecule has 0 aromatic heterocycles. The van der Waals surface area contributed by atoms with E-state index in [0.29, 0.717) is 19.0 Å². The minimum absolute atomic E-state index is 0.249. The molecule has 1 saturated carbocycles. The third kappa shape index (κ3) is 4.04. The zero-order valence-electron chi connectivity index (χ0n) is 12.4. The number of halogens is 1. The highest BCUT2D eigenvalue weighted by Gasteiger charge is 2.31. The molecule has 7 nitrogen and oxygen atoms in total. The summed E-state index contributed by atoms with van der Waals surface area (Å²) in [5, 5.41) is 10.7. The summed E-state index contributed by atoms with van der Waals surface area (Å²) in [6.45, 7) is 2.43. The van der Waals surface area contributed by atoms with Crippen molar-refractivity contribution >= 4 is 15.7 Å². The fourth-order valence-electron chi connectivity index (χ4n) is 2.86. The summed E-state index contributed by atoms with van der Waals surface area (Å²) in [5.74, 6) is -0.211. The fraction of sp³-hybridized carbons (Fsp3) is 0.571. The number of non-ortho nitro benzene ring substituents is 1. The molecule has 1 heterocycles. The molecule has 1 aliphatic carbocycles. The Bertz CT molecular complexity index is 721. The predicted molar refractivity (Wildman–Crippen MR) is 80.9 cm³/mol. The zero-order chi connectivity index (χ0) is 16.6. The van der Waals surface area contributed by atoms with Gasteiger partial charge in [0.1, 0.15) is 5.82 Å². The molecule has 23 heavy (non-hydrogen) atoms. The van der Waals surface area contributed by atoms with Crippen LogP contribution in [0.4, 0.5) is 10.1 Å². The lowest BCUT2D eigenvalue weighted by Crippen LogP contribution is -2.37. The molecule has 0 amide bonds. The molecular weight excluding hydrogens is 325 g/mol. The molecule has 126 valence electrons. The van der Waals surface area contributed by atoms with Gasteiger partial charge in [0.2, 0.25) is 10.0 Å². The molecule has 0 radical (unpaired) electrons. The van der Waals surface area contributed by atoms with Crippen molar-refractivity contribution in [1.29, 1.82) is 0 Å². The largest absolute Gasteiger partial charge is 0.301 e. The highest BCUT2D eigenvalue weighted by Crippen LogP contribution is 2.31. The van der Waals surface area contributed by atoms with Crippen molar-refractivity contribution in [1.82, 2.24) is 9.62 Å². The van der Waals surface area contributed by atoms with E-state index in [4.69, 9.17) is 0 Å². The fourth-order valence-corrected chi connectivity index (χ4v) is 4.17. The summed E-state index contributed by atoms with van der Waals surface area (Å²) < 4.78 is 40.6. The van der Waals surface area contributed by atoms with E-state index in [2.05, 4.69) is 9.62 Å². The summed E-state index contributed by atoms with van der Waals surface area (Å²) in [7, 11) is -3.98. The predicted octanol–water partition coefficient (Wildman–Crippen LogP) is 1.50. The minimum Gasteiger partial charge on any atom is -0.301 e. The number of hydrogen-bond acceptors (Lipinski definition) is 5. The molecule has 0 spiro atoms. The van der Waals surface area contributed by atoms with Gasteiger partial charge in [-0.2, -0.15) is 0 Å². The Morgan fingerprint density at radius 3 is 2.70 bits per heavy atom. The van der Waals surface area contributed by atoms with Crippen LogP contribution in [0.1, 0.15) is 19.3 Å². The van der Waals surface area contributed by atoms with Gasteiger partial charge in [-0.15, -0.1) is 0 Å². The maximum Gasteiger partial charge on any atom is 0.273 e. The van der Waals surface area contributed by atoms with Crippen LogP contribution in [0.15, 0.2) is 23.1 Å². The van der Waals surface area contributed by atoms with E-state index < -0.39 is 31.3 Å². The highest BCUT2D eigenvalue weighted by atomic mass is 32.2. The van der Waals surface area contributed by atoms with Gasteiger partial charge in [-0.1, -0.05) is 0 Å². The maximum atomic E-state index is 13.4. The van der Waals surface area contributed by atoms with Crippen molar-refractivity contribution in [2.75, 3.05) is 19.6 Å². The topological polar surface area (TPSA) is 92.5 Å². The standard InChI is InChI=1S/C14H18FN3O4S/c15-11-5-13(18(19)20)7-14(6-11)23(21,22)16-12-3-4-17(9-12)8-10-1-2-10/h5-7,10,12,16H,1-4,8-9H2/t12-/m0/s1. The number of nitrogens with one attached hydrogen (secondary N) is 1. The van der Waals surface area contributed by atoms with Gasteiger partial charge in [0.25, 0.3) is 5.69 Å². The van der Waals surface area contributed by atoms with Crippen LogP contribution in [-0.4, -0.2) is 43.9 Å². The maximum absolute atomic E-state index is 13.4. The first-order valence-electron chi connectivity index (χ1n) is 7.53. The van der Waals surface area contributed by atoms with Crippen molar-refractivity contribution in [3.05, 3.63) is 34.1 Å². The van der Waals surface area contributed by atoms with E-state index in [9.17, 15) is 22.9 Å². The number of benzene rings is 1. The molecule has 2 fully saturated rings. The summed E-state index contributed by atoms with van der Waals surface area (Å²) in [6.07, 6.45) is 3.16. The second-order valence-corrected chi connectivity index (χ2v) is 7.93. The minimum atomic E-state index is -3.98. The van der Waals surface area contributed by atoms with Crippen molar-refractivity contribution in [2.24, 2.45) is 5.92 Å². The number of sulfonamides is 1. The molecule has 2 aliphatic rings. The summed E-state index contributed by atoms with van der Waals surface area (Å²) in [5.41, 5.74) is -0.577. The lowest BCUT2D eigenvalue weighted by molar-refractivity contribution is -0.385. The molecule has 1 aromatic carbocycles. The molecule has 0 bridgehead atoms. The van der Waals surface area contributed by atoms with E-state index in [1.165, 1.54) is 12.8 Å². The molecule has 1 atom stereocenters. The number of nitrogens with zero attached hydrogens (tertiary/aromatic N) is 2. The quantitative estimate of drug-likeness (QED) is 0.624. The van der Waals surface area contributed by atoms with Crippen LogP contribution in [0.25, 0.3) is 0 Å². The Labute approximate surface area is 133 Å². The van der Waals surface area contributed by atoms with Crippen molar-refractivity contribution in [3.8, 4) is 0 Å². The molecule has 1 N–H and O–H groups in total. The second kappa shape index (κ2) is 6.14. The third-order valence-corrected chi connectivity index (χ3v) is 5.68. The van der Waals surface area contributed by atoms with Crippen molar-refractivity contribution in [3.63, 3.8) is 0 Å². The Kier molecular flexibility index (Phi) is 4.35. The number of nitro benzene ring substituents is 1. The van der Waals surface area contributed by atoms with E-state index in [0.717, 1.165) is 31.1 Å². The molecule has 1 aliphatic heterocycles. The smallest absolute Gasteiger partial charge is 0.273 e. The van der Waals surface area contributed by atoms with Gasteiger partial charge in [0.15, 0.2) is 0 Å². The van der Waals surface area contributed by atoms with E-state index in [1.807, 2.05) is 0 Å². The van der Waals surface area contributed by atoms with Crippen LogP contribution in [-0.2, 0) is 10.0 Å². The van der Waals surface area contributed by atoms with Gasteiger partial charge in [-0.25, -0.2) is 17.5 Å².